The fraction of sp³-hybridized carbons (Fsp3) is 0.632. The lowest BCUT2D eigenvalue weighted by molar-refractivity contribution is -0.131. The van der Waals surface area contributed by atoms with Gasteiger partial charge in [-0.25, -0.2) is 0 Å². The molecule has 3 N–H and O–H groups in total. The fourth-order valence-electron chi connectivity index (χ4n) is 3.99. The van der Waals surface area contributed by atoms with Crippen molar-refractivity contribution in [1.29, 1.82) is 0 Å². The lowest BCUT2D eigenvalue weighted by Crippen LogP contribution is -2.51. The molecule has 4 nitrogen and oxygen atoms in total. The summed E-state index contributed by atoms with van der Waals surface area (Å²) in [7, 11) is 0. The number of amides is 1. The van der Waals surface area contributed by atoms with E-state index in [4.69, 9.17) is 5.73 Å². The smallest absolute Gasteiger partial charge is 0.227 e. The molecule has 1 aromatic rings. The molecule has 1 heterocycles. The van der Waals surface area contributed by atoms with E-state index < -0.39 is 0 Å². The normalized spacial score (nSPS) is 20.4. The monoisotopic (exact) mass is 387 g/mol. The topological polar surface area (TPSA) is 58.4 Å². The molecule has 25 heavy (non-hydrogen) atoms. The molecule has 1 saturated heterocycles. The van der Waals surface area contributed by atoms with Gasteiger partial charge in [0.05, 0.1) is 5.41 Å². The second kappa shape index (κ2) is 10.4. The van der Waals surface area contributed by atoms with E-state index in [9.17, 15) is 4.79 Å². The van der Waals surface area contributed by atoms with Crippen molar-refractivity contribution in [2.75, 3.05) is 19.6 Å². The summed E-state index contributed by atoms with van der Waals surface area (Å²) in [5, 5.41) is 3.29. The number of nitrogens with zero attached hydrogens (tertiary/aromatic N) is 1. The Bertz CT molecular complexity index is 513. The summed E-state index contributed by atoms with van der Waals surface area (Å²) in [6.45, 7) is 3.60. The molecule has 0 atom stereocenters. The van der Waals surface area contributed by atoms with Gasteiger partial charge in [-0.2, -0.15) is 0 Å². The maximum absolute atomic E-state index is 12.6. The quantitative estimate of drug-likeness (QED) is 0.815. The second-order valence-electron chi connectivity index (χ2n) is 7.20. The summed E-state index contributed by atoms with van der Waals surface area (Å²) in [6, 6.07) is 10.9. The predicted molar refractivity (Wildman–Crippen MR) is 107 cm³/mol. The van der Waals surface area contributed by atoms with E-state index in [-0.39, 0.29) is 36.1 Å². The van der Waals surface area contributed by atoms with Crippen molar-refractivity contribution < 1.29 is 4.79 Å². The molecular weight excluding hydrogens is 357 g/mol. The van der Waals surface area contributed by atoms with Gasteiger partial charge in [-0.1, -0.05) is 43.2 Å². The average molecular weight is 388 g/mol. The Morgan fingerprint density at radius 1 is 1.12 bits per heavy atom. The Balaban J connectivity index is 0.00000156. The summed E-state index contributed by atoms with van der Waals surface area (Å²) in [6.07, 6.45) is 6.28. The van der Waals surface area contributed by atoms with Crippen LogP contribution in [0, 0.1) is 5.41 Å². The van der Waals surface area contributed by atoms with Gasteiger partial charge in [-0.05, 0) is 31.2 Å². The van der Waals surface area contributed by atoms with Crippen LogP contribution in [-0.4, -0.2) is 36.5 Å². The minimum atomic E-state index is -0.277. The van der Waals surface area contributed by atoms with Gasteiger partial charge in [0.15, 0.2) is 0 Å². The molecule has 2 fully saturated rings. The van der Waals surface area contributed by atoms with Gasteiger partial charge >= 0.3 is 0 Å². The van der Waals surface area contributed by atoms with Crippen LogP contribution in [0.4, 0.5) is 0 Å². The first-order valence-electron chi connectivity index (χ1n) is 8.99. The van der Waals surface area contributed by atoms with Crippen molar-refractivity contribution in [3.8, 4) is 0 Å². The van der Waals surface area contributed by atoms with Crippen LogP contribution >= 0.6 is 24.8 Å². The molecule has 0 unspecified atom stereocenters. The van der Waals surface area contributed by atoms with E-state index in [2.05, 4.69) is 40.5 Å². The van der Waals surface area contributed by atoms with Crippen molar-refractivity contribution in [1.82, 2.24) is 10.2 Å². The van der Waals surface area contributed by atoms with Crippen molar-refractivity contribution in [3.05, 3.63) is 35.9 Å². The number of nitrogens with one attached hydrogen (secondary N) is 1. The minimum Gasteiger partial charge on any atom is -0.353 e. The van der Waals surface area contributed by atoms with Gasteiger partial charge in [-0.15, -0.1) is 24.8 Å². The van der Waals surface area contributed by atoms with Crippen molar-refractivity contribution >= 4 is 30.7 Å². The number of likely N-dealkylation sites (tertiary alicyclic amines) is 1. The maximum Gasteiger partial charge on any atom is 0.227 e. The molecule has 142 valence electrons. The molecule has 1 saturated carbocycles. The van der Waals surface area contributed by atoms with Crippen LogP contribution in [-0.2, 0) is 11.3 Å². The highest BCUT2D eigenvalue weighted by Gasteiger charge is 2.40. The minimum absolute atomic E-state index is 0. The Morgan fingerprint density at radius 3 is 2.28 bits per heavy atom. The summed E-state index contributed by atoms with van der Waals surface area (Å²) in [5.41, 5.74) is 7.00. The maximum atomic E-state index is 12.6. The zero-order valence-electron chi connectivity index (χ0n) is 14.8. The Hall–Kier alpha value is -0.810. The summed E-state index contributed by atoms with van der Waals surface area (Å²) >= 11 is 0. The molecule has 1 aliphatic carbocycles. The number of carbonyl (C=O) groups is 1. The number of piperidine rings is 1. The highest BCUT2D eigenvalue weighted by molar-refractivity contribution is 5.85. The van der Waals surface area contributed by atoms with Crippen LogP contribution in [0.2, 0.25) is 0 Å². The van der Waals surface area contributed by atoms with Crippen LogP contribution in [0.25, 0.3) is 0 Å². The third-order valence-corrected chi connectivity index (χ3v) is 5.60. The lowest BCUT2D eigenvalue weighted by atomic mass is 9.84. The predicted octanol–water partition coefficient (Wildman–Crippen LogP) is 3.13. The standard InChI is InChI=1S/C19H29N3O.2ClH/c20-15-19(10-4-5-11-19)18(23)21-17-8-12-22(13-9-17)14-16-6-2-1-3-7-16;;/h1-3,6-7,17H,4-5,8-15,20H2,(H,21,23);2*1H. The van der Waals surface area contributed by atoms with Gasteiger partial charge in [0.1, 0.15) is 0 Å². The Morgan fingerprint density at radius 2 is 1.72 bits per heavy atom. The number of hydrogen-bond donors (Lipinski definition) is 2. The van der Waals surface area contributed by atoms with E-state index in [1.807, 2.05) is 0 Å². The molecule has 1 aromatic carbocycles. The summed E-state index contributed by atoms with van der Waals surface area (Å²) < 4.78 is 0. The van der Waals surface area contributed by atoms with Crippen LogP contribution < -0.4 is 11.1 Å². The highest BCUT2D eigenvalue weighted by atomic mass is 35.5. The van der Waals surface area contributed by atoms with E-state index in [1.54, 1.807) is 0 Å². The first kappa shape index (κ1) is 22.2. The highest BCUT2D eigenvalue weighted by Crippen LogP contribution is 2.37. The molecule has 0 spiro atoms. The molecule has 1 aliphatic heterocycles. The van der Waals surface area contributed by atoms with Gasteiger partial charge in [-0.3, -0.25) is 9.69 Å². The van der Waals surface area contributed by atoms with Crippen molar-refractivity contribution in [2.45, 2.75) is 51.1 Å². The van der Waals surface area contributed by atoms with E-state index in [0.29, 0.717) is 12.6 Å². The Kier molecular flexibility index (Phi) is 9.22. The molecule has 0 bridgehead atoms. The third kappa shape index (κ3) is 5.58. The van der Waals surface area contributed by atoms with Crippen LogP contribution in [0.15, 0.2) is 30.3 Å². The molecule has 6 heteroatoms. The number of halogens is 2. The molecular formula is C19H31Cl2N3O. The van der Waals surface area contributed by atoms with E-state index in [1.165, 1.54) is 5.56 Å². The lowest BCUT2D eigenvalue weighted by Gasteiger charge is -2.35. The fourth-order valence-corrected chi connectivity index (χ4v) is 3.99. The summed E-state index contributed by atoms with van der Waals surface area (Å²) in [5.74, 6) is 0.207. The zero-order chi connectivity index (χ0) is 16.1. The number of hydrogen-bond acceptors (Lipinski definition) is 3. The van der Waals surface area contributed by atoms with Crippen molar-refractivity contribution in [2.24, 2.45) is 11.1 Å². The molecule has 0 radical (unpaired) electrons. The third-order valence-electron chi connectivity index (χ3n) is 5.60. The van der Waals surface area contributed by atoms with Crippen LogP contribution in [0.5, 0.6) is 0 Å². The number of nitrogens with two attached hydrogens (primary N) is 1. The van der Waals surface area contributed by atoms with E-state index in [0.717, 1.165) is 58.2 Å². The average Bonchev–Trinajstić information content (AvgIpc) is 3.08. The second-order valence-corrected chi connectivity index (χ2v) is 7.20. The first-order chi connectivity index (χ1) is 11.2. The SMILES string of the molecule is Cl.Cl.NCC1(C(=O)NC2CCN(Cc3ccccc3)CC2)CCCC1. The van der Waals surface area contributed by atoms with Gasteiger partial charge in [0, 0.05) is 32.2 Å². The van der Waals surface area contributed by atoms with Crippen LogP contribution in [0.1, 0.15) is 44.1 Å². The first-order valence-corrected chi connectivity index (χ1v) is 8.99. The van der Waals surface area contributed by atoms with E-state index >= 15 is 0 Å². The molecule has 3 rings (SSSR count). The summed E-state index contributed by atoms with van der Waals surface area (Å²) in [4.78, 5) is 15.1. The largest absolute Gasteiger partial charge is 0.353 e. The Labute approximate surface area is 163 Å². The van der Waals surface area contributed by atoms with Crippen molar-refractivity contribution in [3.63, 3.8) is 0 Å². The number of rotatable bonds is 5. The molecule has 2 aliphatic rings. The van der Waals surface area contributed by atoms with Crippen LogP contribution in [0.3, 0.4) is 0 Å². The molecule has 0 aromatic heterocycles. The molecule has 1 amide bonds. The number of benzene rings is 1. The van der Waals surface area contributed by atoms with Gasteiger partial charge in [0.25, 0.3) is 0 Å². The number of carbonyl (C=O) groups excluding carboxylic acids is 1. The zero-order valence-corrected chi connectivity index (χ0v) is 16.4. The van der Waals surface area contributed by atoms with Gasteiger partial charge < -0.3 is 11.1 Å². The van der Waals surface area contributed by atoms with Gasteiger partial charge in [0.2, 0.25) is 5.91 Å².